The Morgan fingerprint density at radius 3 is 2.44 bits per heavy atom. The second kappa shape index (κ2) is 8.70. The predicted octanol–water partition coefficient (Wildman–Crippen LogP) is 3.28. The second-order valence-corrected chi connectivity index (χ2v) is 7.72. The van der Waals surface area contributed by atoms with Gasteiger partial charge in [0.1, 0.15) is 0 Å². The first-order chi connectivity index (χ1) is 12.2. The molecular formula is C21H34N4. The van der Waals surface area contributed by atoms with Gasteiger partial charge in [-0.15, -0.1) is 0 Å². The number of aliphatic imine (C=N–C) groups is 1. The Labute approximate surface area is 153 Å². The number of hydrogen-bond acceptors (Lipinski definition) is 2. The van der Waals surface area contributed by atoms with Crippen molar-refractivity contribution in [2.45, 2.75) is 64.5 Å². The van der Waals surface area contributed by atoms with Crippen molar-refractivity contribution in [1.29, 1.82) is 0 Å². The van der Waals surface area contributed by atoms with Crippen LogP contribution >= 0.6 is 0 Å². The molecule has 2 fully saturated rings. The van der Waals surface area contributed by atoms with E-state index in [9.17, 15) is 0 Å². The zero-order valence-corrected chi connectivity index (χ0v) is 16.1. The van der Waals surface area contributed by atoms with Gasteiger partial charge in [-0.05, 0) is 45.1 Å². The van der Waals surface area contributed by atoms with E-state index in [-0.39, 0.29) is 0 Å². The quantitative estimate of drug-likeness (QED) is 0.616. The minimum absolute atomic E-state index is 0.438. The molecule has 1 saturated carbocycles. The molecule has 1 saturated heterocycles. The van der Waals surface area contributed by atoms with E-state index in [2.05, 4.69) is 60.6 Å². The lowest BCUT2D eigenvalue weighted by molar-refractivity contribution is 0.197. The Hall–Kier alpha value is -1.55. The van der Waals surface area contributed by atoms with Crippen LogP contribution in [-0.2, 0) is 0 Å². The third kappa shape index (κ3) is 5.46. The number of benzene rings is 1. The molecule has 1 unspecified atom stereocenters. The van der Waals surface area contributed by atoms with Gasteiger partial charge in [-0.25, -0.2) is 0 Å². The van der Waals surface area contributed by atoms with Gasteiger partial charge < -0.3 is 15.5 Å². The largest absolute Gasteiger partial charge is 0.357 e. The smallest absolute Gasteiger partial charge is 0.191 e. The SMILES string of the molecule is CCNC(=NCC(C)c1ccc(C)cc1)NC1CCN(C2CC2)CC1. The van der Waals surface area contributed by atoms with Crippen LogP contribution in [0.2, 0.25) is 0 Å². The summed E-state index contributed by atoms with van der Waals surface area (Å²) in [6.07, 6.45) is 5.29. The summed E-state index contributed by atoms with van der Waals surface area (Å²) in [5.41, 5.74) is 2.68. The summed E-state index contributed by atoms with van der Waals surface area (Å²) in [4.78, 5) is 7.52. The van der Waals surface area contributed by atoms with Gasteiger partial charge in [0.2, 0.25) is 0 Å². The van der Waals surface area contributed by atoms with Crippen molar-refractivity contribution in [2.75, 3.05) is 26.2 Å². The first kappa shape index (κ1) is 18.2. The average Bonchev–Trinajstić information content (AvgIpc) is 3.46. The van der Waals surface area contributed by atoms with Crippen LogP contribution in [0, 0.1) is 6.92 Å². The molecule has 4 heteroatoms. The van der Waals surface area contributed by atoms with E-state index in [4.69, 9.17) is 4.99 Å². The summed E-state index contributed by atoms with van der Waals surface area (Å²) in [6, 6.07) is 10.3. The summed E-state index contributed by atoms with van der Waals surface area (Å²) >= 11 is 0. The van der Waals surface area contributed by atoms with Crippen LogP contribution < -0.4 is 10.6 Å². The highest BCUT2D eigenvalue weighted by Gasteiger charge is 2.31. The van der Waals surface area contributed by atoms with Crippen molar-refractivity contribution in [2.24, 2.45) is 4.99 Å². The Morgan fingerprint density at radius 1 is 1.16 bits per heavy atom. The summed E-state index contributed by atoms with van der Waals surface area (Å²) in [7, 11) is 0. The highest BCUT2D eigenvalue weighted by Crippen LogP contribution is 2.29. The van der Waals surface area contributed by atoms with Crippen LogP contribution in [-0.4, -0.2) is 49.1 Å². The molecular weight excluding hydrogens is 308 g/mol. The first-order valence-corrected chi connectivity index (χ1v) is 10.0. The van der Waals surface area contributed by atoms with Gasteiger partial charge in [-0.2, -0.15) is 0 Å². The molecule has 2 aliphatic rings. The number of rotatable bonds is 6. The van der Waals surface area contributed by atoms with Gasteiger partial charge in [0.05, 0.1) is 0 Å². The number of aryl methyl sites for hydroxylation is 1. The Kier molecular flexibility index (Phi) is 6.35. The second-order valence-electron chi connectivity index (χ2n) is 7.72. The van der Waals surface area contributed by atoms with E-state index >= 15 is 0 Å². The van der Waals surface area contributed by atoms with Gasteiger partial charge >= 0.3 is 0 Å². The molecule has 0 spiro atoms. The summed E-state index contributed by atoms with van der Waals surface area (Å²) in [5.74, 6) is 1.42. The van der Waals surface area contributed by atoms with E-state index in [1.54, 1.807) is 0 Å². The maximum atomic E-state index is 4.85. The van der Waals surface area contributed by atoms with Crippen molar-refractivity contribution in [3.05, 3.63) is 35.4 Å². The number of piperidine rings is 1. The van der Waals surface area contributed by atoms with Crippen molar-refractivity contribution < 1.29 is 0 Å². The van der Waals surface area contributed by atoms with Gasteiger partial charge in [0, 0.05) is 44.2 Å². The lowest BCUT2D eigenvalue weighted by Crippen LogP contribution is -2.49. The van der Waals surface area contributed by atoms with Gasteiger partial charge in [0.15, 0.2) is 5.96 Å². The Bertz CT molecular complexity index is 554. The lowest BCUT2D eigenvalue weighted by Gasteiger charge is -2.33. The predicted molar refractivity (Wildman–Crippen MR) is 106 cm³/mol. The highest BCUT2D eigenvalue weighted by molar-refractivity contribution is 5.80. The van der Waals surface area contributed by atoms with Crippen LogP contribution in [0.5, 0.6) is 0 Å². The molecule has 0 radical (unpaired) electrons. The monoisotopic (exact) mass is 342 g/mol. The van der Waals surface area contributed by atoms with E-state index in [1.807, 2.05) is 0 Å². The zero-order valence-electron chi connectivity index (χ0n) is 16.1. The highest BCUT2D eigenvalue weighted by atomic mass is 15.2. The molecule has 1 heterocycles. The minimum Gasteiger partial charge on any atom is -0.357 e. The molecule has 3 rings (SSSR count). The maximum absolute atomic E-state index is 4.85. The molecule has 2 N–H and O–H groups in total. The normalized spacial score (nSPS) is 21.2. The molecule has 0 aromatic heterocycles. The fraction of sp³-hybridized carbons (Fsp3) is 0.667. The fourth-order valence-corrected chi connectivity index (χ4v) is 3.59. The number of likely N-dealkylation sites (tertiary alicyclic amines) is 1. The van der Waals surface area contributed by atoms with E-state index in [1.165, 1.54) is 49.9 Å². The lowest BCUT2D eigenvalue weighted by atomic mass is 10.0. The summed E-state index contributed by atoms with van der Waals surface area (Å²) < 4.78 is 0. The maximum Gasteiger partial charge on any atom is 0.191 e. The summed E-state index contributed by atoms with van der Waals surface area (Å²) in [5, 5.41) is 7.08. The molecule has 25 heavy (non-hydrogen) atoms. The number of nitrogens with one attached hydrogen (secondary N) is 2. The van der Waals surface area contributed by atoms with Crippen molar-refractivity contribution >= 4 is 5.96 Å². The van der Waals surface area contributed by atoms with Crippen LogP contribution in [0.4, 0.5) is 0 Å². The Balaban J connectivity index is 1.51. The average molecular weight is 343 g/mol. The van der Waals surface area contributed by atoms with Crippen molar-refractivity contribution in [3.63, 3.8) is 0 Å². The van der Waals surface area contributed by atoms with E-state index in [0.29, 0.717) is 12.0 Å². The third-order valence-electron chi connectivity index (χ3n) is 5.45. The van der Waals surface area contributed by atoms with Crippen LogP contribution in [0.1, 0.15) is 56.6 Å². The van der Waals surface area contributed by atoms with Gasteiger partial charge in [0.25, 0.3) is 0 Å². The van der Waals surface area contributed by atoms with Gasteiger partial charge in [-0.1, -0.05) is 36.8 Å². The molecule has 138 valence electrons. The minimum atomic E-state index is 0.438. The topological polar surface area (TPSA) is 39.7 Å². The standard InChI is InChI=1S/C21H34N4/c1-4-22-21(23-15-17(3)18-7-5-16(2)6-8-18)24-19-11-13-25(14-12-19)20-9-10-20/h5-8,17,19-20H,4,9-15H2,1-3H3,(H2,22,23,24). The van der Waals surface area contributed by atoms with Crippen LogP contribution in [0.15, 0.2) is 29.3 Å². The zero-order chi connectivity index (χ0) is 17.6. The van der Waals surface area contributed by atoms with E-state index in [0.717, 1.165) is 25.1 Å². The molecule has 1 aromatic rings. The van der Waals surface area contributed by atoms with Gasteiger partial charge in [-0.3, -0.25) is 4.99 Å². The molecule has 0 amide bonds. The molecule has 1 aliphatic carbocycles. The molecule has 1 aromatic carbocycles. The molecule has 1 aliphatic heterocycles. The number of hydrogen-bond donors (Lipinski definition) is 2. The first-order valence-electron chi connectivity index (χ1n) is 10.0. The molecule has 1 atom stereocenters. The number of nitrogens with zero attached hydrogens (tertiary/aromatic N) is 2. The molecule has 0 bridgehead atoms. The fourth-order valence-electron chi connectivity index (χ4n) is 3.59. The van der Waals surface area contributed by atoms with Crippen LogP contribution in [0.3, 0.4) is 0 Å². The van der Waals surface area contributed by atoms with Crippen LogP contribution in [0.25, 0.3) is 0 Å². The summed E-state index contributed by atoms with van der Waals surface area (Å²) in [6.45, 7) is 10.7. The molecule has 4 nitrogen and oxygen atoms in total. The van der Waals surface area contributed by atoms with E-state index < -0.39 is 0 Å². The van der Waals surface area contributed by atoms with Crippen molar-refractivity contribution in [1.82, 2.24) is 15.5 Å². The third-order valence-corrected chi connectivity index (χ3v) is 5.45. The Morgan fingerprint density at radius 2 is 1.84 bits per heavy atom. The number of guanidine groups is 1. The van der Waals surface area contributed by atoms with Crippen molar-refractivity contribution in [3.8, 4) is 0 Å².